The largest absolute Gasteiger partial charge is 0.504 e. The Bertz CT molecular complexity index is 356. The van der Waals surface area contributed by atoms with Crippen LogP contribution in [0.4, 0.5) is 0 Å². The standard InChI is InChI=1S/C11H15NO2S/c1-2-8-6-15-11(12-8)7-3-4-9(13)10(14)5-7/h3-5,8,11-14H,2,6H2,1H3. The van der Waals surface area contributed by atoms with Gasteiger partial charge in [-0.15, -0.1) is 11.8 Å². The highest BCUT2D eigenvalue weighted by atomic mass is 32.2. The monoisotopic (exact) mass is 225 g/mol. The van der Waals surface area contributed by atoms with Crippen molar-refractivity contribution in [3.8, 4) is 11.5 Å². The number of hydrogen-bond donors (Lipinski definition) is 3. The van der Waals surface area contributed by atoms with Gasteiger partial charge in [0.15, 0.2) is 11.5 Å². The summed E-state index contributed by atoms with van der Waals surface area (Å²) in [5.74, 6) is 0.992. The summed E-state index contributed by atoms with van der Waals surface area (Å²) in [5, 5.41) is 22.3. The van der Waals surface area contributed by atoms with E-state index in [9.17, 15) is 10.2 Å². The lowest BCUT2D eigenvalue weighted by molar-refractivity contribution is 0.402. The second kappa shape index (κ2) is 4.33. The first-order valence-electron chi connectivity index (χ1n) is 5.10. The minimum atomic E-state index is -0.0613. The van der Waals surface area contributed by atoms with E-state index in [-0.39, 0.29) is 16.9 Å². The van der Waals surface area contributed by atoms with Crippen LogP contribution in [0.2, 0.25) is 0 Å². The van der Waals surface area contributed by atoms with Gasteiger partial charge >= 0.3 is 0 Å². The van der Waals surface area contributed by atoms with E-state index in [1.807, 2.05) is 17.8 Å². The summed E-state index contributed by atoms with van der Waals surface area (Å²) in [7, 11) is 0. The normalized spacial score (nSPS) is 25.7. The molecule has 0 aliphatic carbocycles. The van der Waals surface area contributed by atoms with Crippen LogP contribution in [0, 0.1) is 0 Å². The molecular formula is C11H15NO2S. The van der Waals surface area contributed by atoms with Crippen LogP contribution in [0.25, 0.3) is 0 Å². The molecule has 2 atom stereocenters. The third kappa shape index (κ3) is 2.21. The number of phenols is 2. The molecule has 0 spiro atoms. The second-order valence-electron chi connectivity index (χ2n) is 3.73. The molecule has 0 saturated carbocycles. The molecule has 0 amide bonds. The molecule has 0 bridgehead atoms. The number of benzene rings is 1. The zero-order valence-electron chi connectivity index (χ0n) is 8.60. The Hall–Kier alpha value is -0.870. The summed E-state index contributed by atoms with van der Waals surface area (Å²) in [4.78, 5) is 0. The van der Waals surface area contributed by atoms with Crippen LogP contribution < -0.4 is 5.32 Å². The van der Waals surface area contributed by atoms with Crippen LogP contribution in [0.3, 0.4) is 0 Å². The molecule has 15 heavy (non-hydrogen) atoms. The molecule has 1 aliphatic rings. The van der Waals surface area contributed by atoms with Crippen molar-refractivity contribution in [3.05, 3.63) is 23.8 Å². The predicted molar refractivity (Wildman–Crippen MR) is 62.2 cm³/mol. The molecule has 4 heteroatoms. The molecule has 1 aliphatic heterocycles. The fraction of sp³-hybridized carbons (Fsp3) is 0.455. The van der Waals surface area contributed by atoms with Crippen molar-refractivity contribution >= 4 is 11.8 Å². The highest BCUT2D eigenvalue weighted by molar-refractivity contribution is 7.99. The van der Waals surface area contributed by atoms with Gasteiger partial charge in [-0.1, -0.05) is 13.0 Å². The summed E-state index contributed by atoms with van der Waals surface area (Å²) in [5.41, 5.74) is 1.02. The van der Waals surface area contributed by atoms with Gasteiger partial charge in [0.1, 0.15) is 0 Å². The molecule has 1 fully saturated rings. The van der Waals surface area contributed by atoms with Crippen LogP contribution in [0.5, 0.6) is 11.5 Å². The number of rotatable bonds is 2. The Morgan fingerprint density at radius 3 is 2.80 bits per heavy atom. The van der Waals surface area contributed by atoms with Gasteiger partial charge in [-0.05, 0) is 24.1 Å². The SMILES string of the molecule is CCC1CSC(c2ccc(O)c(O)c2)N1. The predicted octanol–water partition coefficient (Wildman–Crippen LogP) is 2.21. The summed E-state index contributed by atoms with van der Waals surface area (Å²) in [6.45, 7) is 2.16. The Balaban J connectivity index is 2.13. The fourth-order valence-corrected chi connectivity index (χ4v) is 3.04. The number of thioether (sulfide) groups is 1. The van der Waals surface area contributed by atoms with Gasteiger partial charge in [0.05, 0.1) is 5.37 Å². The lowest BCUT2D eigenvalue weighted by atomic mass is 10.2. The number of aromatic hydroxyl groups is 2. The molecule has 1 aromatic carbocycles. The molecule has 1 heterocycles. The van der Waals surface area contributed by atoms with Crippen LogP contribution in [-0.2, 0) is 0 Å². The molecule has 2 unspecified atom stereocenters. The molecule has 1 saturated heterocycles. The first kappa shape index (κ1) is 10.6. The zero-order chi connectivity index (χ0) is 10.8. The summed E-state index contributed by atoms with van der Waals surface area (Å²) >= 11 is 1.84. The van der Waals surface area contributed by atoms with Gasteiger partial charge in [0, 0.05) is 11.8 Å². The van der Waals surface area contributed by atoms with Crippen molar-refractivity contribution in [1.82, 2.24) is 5.32 Å². The first-order chi connectivity index (χ1) is 7.20. The number of hydrogen-bond acceptors (Lipinski definition) is 4. The quantitative estimate of drug-likeness (QED) is 0.675. The number of nitrogens with one attached hydrogen (secondary N) is 1. The van der Waals surface area contributed by atoms with Crippen LogP contribution >= 0.6 is 11.8 Å². The molecule has 0 radical (unpaired) electrons. The summed E-state index contributed by atoms with van der Waals surface area (Å²) in [6.07, 6.45) is 1.12. The van der Waals surface area contributed by atoms with E-state index in [0.29, 0.717) is 6.04 Å². The third-order valence-corrected chi connectivity index (χ3v) is 3.98. The van der Waals surface area contributed by atoms with Crippen LogP contribution in [0.1, 0.15) is 24.3 Å². The molecule has 3 nitrogen and oxygen atoms in total. The summed E-state index contributed by atoms with van der Waals surface area (Å²) < 4.78 is 0. The topological polar surface area (TPSA) is 52.5 Å². The molecule has 0 aromatic heterocycles. The lowest BCUT2D eigenvalue weighted by Crippen LogP contribution is -2.24. The van der Waals surface area contributed by atoms with E-state index in [4.69, 9.17) is 0 Å². The molecular weight excluding hydrogens is 210 g/mol. The van der Waals surface area contributed by atoms with Gasteiger partial charge in [-0.25, -0.2) is 0 Å². The Labute approximate surface area is 93.5 Å². The second-order valence-corrected chi connectivity index (χ2v) is 4.87. The van der Waals surface area contributed by atoms with Gasteiger partial charge in [-0.2, -0.15) is 0 Å². The van der Waals surface area contributed by atoms with E-state index in [2.05, 4.69) is 12.2 Å². The van der Waals surface area contributed by atoms with Gasteiger partial charge in [0.2, 0.25) is 0 Å². The van der Waals surface area contributed by atoms with Crippen LogP contribution in [-0.4, -0.2) is 22.0 Å². The van der Waals surface area contributed by atoms with E-state index in [0.717, 1.165) is 17.7 Å². The van der Waals surface area contributed by atoms with E-state index in [1.54, 1.807) is 6.07 Å². The maximum absolute atomic E-state index is 9.40. The highest BCUT2D eigenvalue weighted by Gasteiger charge is 2.24. The van der Waals surface area contributed by atoms with Gasteiger partial charge < -0.3 is 10.2 Å². The molecule has 3 N–H and O–H groups in total. The van der Waals surface area contributed by atoms with Gasteiger partial charge in [-0.3, -0.25) is 5.32 Å². The third-order valence-electron chi connectivity index (χ3n) is 2.65. The summed E-state index contributed by atoms with van der Waals surface area (Å²) in [6, 6.07) is 5.55. The fourth-order valence-electron chi connectivity index (χ4n) is 1.65. The number of phenolic OH excluding ortho intramolecular Hbond substituents is 2. The maximum atomic E-state index is 9.40. The van der Waals surface area contributed by atoms with Crippen molar-refractivity contribution in [2.24, 2.45) is 0 Å². The van der Waals surface area contributed by atoms with E-state index < -0.39 is 0 Å². The zero-order valence-corrected chi connectivity index (χ0v) is 9.42. The first-order valence-corrected chi connectivity index (χ1v) is 6.15. The molecule has 2 rings (SSSR count). The average Bonchev–Trinajstić information content (AvgIpc) is 2.70. The minimum Gasteiger partial charge on any atom is -0.504 e. The van der Waals surface area contributed by atoms with Gasteiger partial charge in [0.25, 0.3) is 0 Å². The molecule has 82 valence electrons. The van der Waals surface area contributed by atoms with E-state index >= 15 is 0 Å². The minimum absolute atomic E-state index is 0.0464. The van der Waals surface area contributed by atoms with Crippen LogP contribution in [0.15, 0.2) is 18.2 Å². The van der Waals surface area contributed by atoms with Crippen molar-refractivity contribution in [3.63, 3.8) is 0 Å². The van der Waals surface area contributed by atoms with E-state index in [1.165, 1.54) is 6.07 Å². The lowest BCUT2D eigenvalue weighted by Gasteiger charge is -2.12. The Kier molecular flexibility index (Phi) is 3.07. The smallest absolute Gasteiger partial charge is 0.157 e. The van der Waals surface area contributed by atoms with Crippen molar-refractivity contribution in [2.45, 2.75) is 24.8 Å². The maximum Gasteiger partial charge on any atom is 0.157 e. The Morgan fingerprint density at radius 2 is 2.20 bits per heavy atom. The van der Waals surface area contributed by atoms with Crippen molar-refractivity contribution in [1.29, 1.82) is 0 Å². The highest BCUT2D eigenvalue weighted by Crippen LogP contribution is 2.36. The van der Waals surface area contributed by atoms with Crippen molar-refractivity contribution < 1.29 is 10.2 Å². The molecule has 1 aromatic rings. The van der Waals surface area contributed by atoms with Crippen molar-refractivity contribution in [2.75, 3.05) is 5.75 Å². The average molecular weight is 225 g/mol. The Morgan fingerprint density at radius 1 is 1.40 bits per heavy atom.